The molecular formula is C20H25N3O2. The predicted octanol–water partition coefficient (Wildman–Crippen LogP) is 3.77. The summed E-state index contributed by atoms with van der Waals surface area (Å²) in [6, 6.07) is 10.8. The zero-order valence-electron chi connectivity index (χ0n) is 15.4. The predicted molar refractivity (Wildman–Crippen MR) is 99.9 cm³/mol. The van der Waals surface area contributed by atoms with E-state index in [1.54, 1.807) is 6.07 Å². The van der Waals surface area contributed by atoms with E-state index < -0.39 is 0 Å². The fourth-order valence-electron chi connectivity index (χ4n) is 2.29. The summed E-state index contributed by atoms with van der Waals surface area (Å²) in [4.78, 5) is 28.5. The first-order valence-corrected chi connectivity index (χ1v) is 8.35. The van der Waals surface area contributed by atoms with Crippen LogP contribution >= 0.6 is 0 Å². The largest absolute Gasteiger partial charge is 0.350 e. The number of aromatic nitrogens is 1. The first kappa shape index (κ1) is 18.6. The first-order valence-electron chi connectivity index (χ1n) is 8.35. The van der Waals surface area contributed by atoms with Crippen molar-refractivity contribution in [3.63, 3.8) is 0 Å². The minimum Gasteiger partial charge on any atom is -0.350 e. The average molecular weight is 339 g/mol. The summed E-state index contributed by atoms with van der Waals surface area (Å²) in [6.45, 7) is 10.2. The zero-order valence-corrected chi connectivity index (χ0v) is 15.4. The van der Waals surface area contributed by atoms with E-state index >= 15 is 0 Å². The van der Waals surface area contributed by atoms with Gasteiger partial charge in [-0.1, -0.05) is 32.9 Å². The van der Waals surface area contributed by atoms with Crippen LogP contribution in [0.1, 0.15) is 61.0 Å². The number of carbonyl (C=O) groups is 2. The molecule has 0 saturated heterocycles. The van der Waals surface area contributed by atoms with Crippen molar-refractivity contribution in [2.24, 2.45) is 0 Å². The number of benzene rings is 1. The molecule has 0 atom stereocenters. The van der Waals surface area contributed by atoms with Crippen LogP contribution in [0.25, 0.3) is 0 Å². The van der Waals surface area contributed by atoms with Gasteiger partial charge in [0, 0.05) is 23.5 Å². The number of nitrogens with zero attached hydrogens (tertiary/aromatic N) is 1. The molecule has 0 radical (unpaired) electrons. The molecule has 0 spiro atoms. The van der Waals surface area contributed by atoms with Crippen LogP contribution in [0.2, 0.25) is 0 Å². The molecule has 5 nitrogen and oxygen atoms in total. The van der Waals surface area contributed by atoms with E-state index in [4.69, 9.17) is 0 Å². The van der Waals surface area contributed by atoms with Crippen molar-refractivity contribution >= 4 is 17.5 Å². The molecule has 0 bridgehead atoms. The summed E-state index contributed by atoms with van der Waals surface area (Å²) in [6.07, 6.45) is 1.47. The molecule has 25 heavy (non-hydrogen) atoms. The van der Waals surface area contributed by atoms with Gasteiger partial charge in [-0.05, 0) is 49.1 Å². The minimum atomic E-state index is -0.345. The summed E-state index contributed by atoms with van der Waals surface area (Å²) in [5, 5.41) is 5.61. The summed E-state index contributed by atoms with van der Waals surface area (Å²) in [5.74, 6) is -0.566. The van der Waals surface area contributed by atoms with Gasteiger partial charge in [-0.25, -0.2) is 0 Å². The van der Waals surface area contributed by atoms with Gasteiger partial charge < -0.3 is 10.6 Å². The maximum absolute atomic E-state index is 12.4. The van der Waals surface area contributed by atoms with Gasteiger partial charge in [-0.2, -0.15) is 0 Å². The van der Waals surface area contributed by atoms with E-state index in [0.717, 1.165) is 0 Å². The Kier molecular flexibility index (Phi) is 5.57. The summed E-state index contributed by atoms with van der Waals surface area (Å²) in [5.41, 5.74) is 2.56. The Morgan fingerprint density at radius 3 is 2.20 bits per heavy atom. The molecule has 132 valence electrons. The highest BCUT2D eigenvalue weighted by Gasteiger charge is 2.15. The quantitative estimate of drug-likeness (QED) is 0.891. The minimum absolute atomic E-state index is 0.0271. The maximum Gasteiger partial charge on any atom is 0.274 e. The number of pyridine rings is 1. The molecule has 2 aromatic rings. The van der Waals surface area contributed by atoms with Crippen LogP contribution in [-0.4, -0.2) is 22.8 Å². The third kappa shape index (κ3) is 5.14. The molecule has 0 saturated carbocycles. The summed E-state index contributed by atoms with van der Waals surface area (Å²) >= 11 is 0. The standard InChI is InChI=1S/C20H25N3O2/c1-13(2)22-18(24)14-10-11-21-17(12-14)19(25)23-16-8-6-15(7-9-16)20(3,4)5/h6-13H,1-5H3,(H,22,24)(H,23,25). The molecule has 1 aromatic carbocycles. The molecule has 2 N–H and O–H groups in total. The van der Waals surface area contributed by atoms with Gasteiger partial charge in [0.05, 0.1) is 0 Å². The number of hydrogen-bond donors (Lipinski definition) is 2. The van der Waals surface area contributed by atoms with Crippen molar-refractivity contribution < 1.29 is 9.59 Å². The van der Waals surface area contributed by atoms with E-state index in [1.807, 2.05) is 38.1 Å². The number of hydrogen-bond acceptors (Lipinski definition) is 3. The Morgan fingerprint density at radius 1 is 1.00 bits per heavy atom. The van der Waals surface area contributed by atoms with Crippen LogP contribution in [0.4, 0.5) is 5.69 Å². The van der Waals surface area contributed by atoms with Crippen LogP contribution in [0, 0.1) is 0 Å². The van der Waals surface area contributed by atoms with Crippen LogP contribution in [0.3, 0.4) is 0 Å². The monoisotopic (exact) mass is 339 g/mol. The van der Waals surface area contributed by atoms with Crippen molar-refractivity contribution in [2.75, 3.05) is 5.32 Å². The van der Waals surface area contributed by atoms with Gasteiger partial charge in [0.15, 0.2) is 0 Å². The van der Waals surface area contributed by atoms with Gasteiger partial charge in [0.25, 0.3) is 11.8 Å². The Hall–Kier alpha value is -2.69. The van der Waals surface area contributed by atoms with E-state index in [2.05, 4.69) is 36.4 Å². The fourth-order valence-corrected chi connectivity index (χ4v) is 2.29. The molecular weight excluding hydrogens is 314 g/mol. The number of carbonyl (C=O) groups excluding carboxylic acids is 2. The molecule has 1 aromatic heterocycles. The SMILES string of the molecule is CC(C)NC(=O)c1ccnc(C(=O)Nc2ccc(C(C)(C)C)cc2)c1. The van der Waals surface area contributed by atoms with Crippen molar-refractivity contribution in [1.82, 2.24) is 10.3 Å². The third-order valence-electron chi connectivity index (χ3n) is 3.68. The second-order valence-corrected chi connectivity index (χ2v) is 7.34. The normalized spacial score (nSPS) is 11.3. The van der Waals surface area contributed by atoms with E-state index in [1.165, 1.54) is 17.8 Å². The fraction of sp³-hybridized carbons (Fsp3) is 0.350. The molecule has 1 heterocycles. The Labute approximate surface area is 148 Å². The zero-order chi connectivity index (χ0) is 18.6. The second kappa shape index (κ2) is 7.47. The lowest BCUT2D eigenvalue weighted by Gasteiger charge is -2.19. The van der Waals surface area contributed by atoms with Gasteiger partial charge in [-0.15, -0.1) is 0 Å². The lowest BCUT2D eigenvalue weighted by molar-refractivity contribution is 0.0943. The molecule has 0 aliphatic heterocycles. The van der Waals surface area contributed by atoms with Crippen LogP contribution in [0.15, 0.2) is 42.6 Å². The molecule has 0 aliphatic carbocycles. The number of nitrogens with one attached hydrogen (secondary N) is 2. The molecule has 0 fully saturated rings. The average Bonchev–Trinajstić information content (AvgIpc) is 2.54. The smallest absolute Gasteiger partial charge is 0.274 e. The van der Waals surface area contributed by atoms with E-state index in [0.29, 0.717) is 11.3 Å². The van der Waals surface area contributed by atoms with Crippen molar-refractivity contribution in [2.45, 2.75) is 46.1 Å². The van der Waals surface area contributed by atoms with Gasteiger partial charge in [-0.3, -0.25) is 14.6 Å². The molecule has 0 aliphatic rings. The van der Waals surface area contributed by atoms with Crippen molar-refractivity contribution in [3.05, 3.63) is 59.4 Å². The number of rotatable bonds is 4. The Bertz CT molecular complexity index is 759. The highest BCUT2D eigenvalue weighted by Crippen LogP contribution is 2.23. The van der Waals surface area contributed by atoms with Crippen LogP contribution in [-0.2, 0) is 5.41 Å². The van der Waals surface area contributed by atoms with Crippen molar-refractivity contribution in [3.8, 4) is 0 Å². The van der Waals surface area contributed by atoms with Gasteiger partial charge in [0.2, 0.25) is 0 Å². The summed E-state index contributed by atoms with van der Waals surface area (Å²) < 4.78 is 0. The van der Waals surface area contributed by atoms with E-state index in [9.17, 15) is 9.59 Å². The third-order valence-corrected chi connectivity index (χ3v) is 3.68. The molecule has 5 heteroatoms. The topological polar surface area (TPSA) is 71.1 Å². The Morgan fingerprint density at radius 2 is 1.64 bits per heavy atom. The first-order chi connectivity index (χ1) is 11.7. The molecule has 0 unspecified atom stereocenters. The molecule has 2 amide bonds. The number of amides is 2. The molecule has 2 rings (SSSR count). The van der Waals surface area contributed by atoms with Crippen LogP contribution in [0.5, 0.6) is 0 Å². The highest BCUT2D eigenvalue weighted by molar-refractivity contribution is 6.04. The lowest BCUT2D eigenvalue weighted by atomic mass is 9.87. The lowest BCUT2D eigenvalue weighted by Crippen LogP contribution is -2.30. The summed E-state index contributed by atoms with van der Waals surface area (Å²) in [7, 11) is 0. The second-order valence-electron chi connectivity index (χ2n) is 7.34. The van der Waals surface area contributed by atoms with Crippen molar-refractivity contribution in [1.29, 1.82) is 0 Å². The number of anilines is 1. The van der Waals surface area contributed by atoms with Crippen LogP contribution < -0.4 is 10.6 Å². The highest BCUT2D eigenvalue weighted by atomic mass is 16.2. The Balaban J connectivity index is 2.12. The maximum atomic E-state index is 12.4. The van der Waals surface area contributed by atoms with Gasteiger partial charge in [0.1, 0.15) is 5.69 Å². The van der Waals surface area contributed by atoms with E-state index in [-0.39, 0.29) is 29.0 Å². The van der Waals surface area contributed by atoms with Gasteiger partial charge >= 0.3 is 0 Å².